The third-order valence-corrected chi connectivity index (χ3v) is 3.04. The summed E-state index contributed by atoms with van der Waals surface area (Å²) in [5.41, 5.74) is 0.275. The van der Waals surface area contributed by atoms with E-state index in [1.165, 1.54) is 4.40 Å². The van der Waals surface area contributed by atoms with Crippen LogP contribution in [0.25, 0.3) is 5.65 Å². The Morgan fingerprint density at radius 3 is 3.12 bits per heavy atom. The molecule has 0 saturated carbocycles. The Hall–Kier alpha value is -1.89. The average Bonchev–Trinajstić information content (AvgIpc) is 2.86. The fourth-order valence-corrected chi connectivity index (χ4v) is 2.19. The van der Waals surface area contributed by atoms with Crippen molar-refractivity contribution in [3.8, 4) is 0 Å². The number of β-amino-alcohol motifs (C(OH)–C–C–N with tert-alkyl or cyclic N) is 1. The van der Waals surface area contributed by atoms with Crippen LogP contribution in [0.15, 0.2) is 10.9 Å². The summed E-state index contributed by atoms with van der Waals surface area (Å²) < 4.78 is 1.43. The van der Waals surface area contributed by atoms with Gasteiger partial charge in [0, 0.05) is 19.2 Å². The van der Waals surface area contributed by atoms with E-state index < -0.39 is 0 Å². The van der Waals surface area contributed by atoms with Gasteiger partial charge in [-0.05, 0) is 13.3 Å². The second-order valence-corrected chi connectivity index (χ2v) is 4.27. The van der Waals surface area contributed by atoms with Crippen LogP contribution >= 0.6 is 0 Å². The Kier molecular flexibility index (Phi) is 2.15. The predicted molar refractivity (Wildman–Crippen MR) is 61.2 cm³/mol. The number of aliphatic hydroxyl groups excluding tert-OH is 1. The predicted octanol–water partition coefficient (Wildman–Crippen LogP) is -0.703. The zero-order chi connectivity index (χ0) is 12.0. The molecule has 1 saturated heterocycles. The van der Waals surface area contributed by atoms with Gasteiger partial charge >= 0.3 is 5.69 Å². The number of rotatable bonds is 1. The minimum Gasteiger partial charge on any atom is -0.391 e. The fourth-order valence-electron chi connectivity index (χ4n) is 2.19. The molecule has 0 aliphatic carbocycles. The Morgan fingerprint density at radius 1 is 1.59 bits per heavy atom. The van der Waals surface area contributed by atoms with Gasteiger partial charge < -0.3 is 10.0 Å². The number of hydrogen-bond donors (Lipinski definition) is 2. The molecule has 7 nitrogen and oxygen atoms in total. The lowest BCUT2D eigenvalue weighted by Gasteiger charge is -2.16. The van der Waals surface area contributed by atoms with Crippen LogP contribution in [0, 0.1) is 6.92 Å². The first-order chi connectivity index (χ1) is 8.15. The second kappa shape index (κ2) is 3.56. The molecule has 1 unspecified atom stereocenters. The van der Waals surface area contributed by atoms with Crippen molar-refractivity contribution in [2.24, 2.45) is 0 Å². The van der Waals surface area contributed by atoms with Crippen LogP contribution in [0.1, 0.15) is 12.2 Å². The van der Waals surface area contributed by atoms with E-state index in [4.69, 9.17) is 0 Å². The number of aryl methyl sites for hydroxylation is 1. The van der Waals surface area contributed by atoms with Crippen molar-refractivity contribution >= 4 is 11.5 Å². The number of nitrogens with zero attached hydrogens (tertiary/aromatic N) is 4. The Morgan fingerprint density at radius 2 is 2.41 bits per heavy atom. The maximum Gasteiger partial charge on any atom is 0.349 e. The summed E-state index contributed by atoms with van der Waals surface area (Å²) in [6.07, 6.45) is 0.453. The van der Waals surface area contributed by atoms with Gasteiger partial charge in [-0.15, -0.1) is 0 Å². The standard InChI is InChI=1S/C10H13N5O2/c1-6-11-8(14-3-2-7(16)5-14)4-9-12-13-10(17)15(6)9/h4,7,16H,2-3,5H2,1H3,(H,13,17). The molecule has 2 N–H and O–H groups in total. The molecule has 0 radical (unpaired) electrons. The van der Waals surface area contributed by atoms with E-state index in [1.54, 1.807) is 13.0 Å². The van der Waals surface area contributed by atoms with Gasteiger partial charge in [0.25, 0.3) is 0 Å². The van der Waals surface area contributed by atoms with E-state index >= 15 is 0 Å². The number of anilines is 1. The van der Waals surface area contributed by atoms with Gasteiger partial charge in [0.05, 0.1) is 6.10 Å². The summed E-state index contributed by atoms with van der Waals surface area (Å²) in [6, 6.07) is 1.75. The van der Waals surface area contributed by atoms with Gasteiger partial charge in [0.2, 0.25) is 0 Å². The van der Waals surface area contributed by atoms with E-state index in [0.29, 0.717) is 18.0 Å². The molecule has 7 heteroatoms. The summed E-state index contributed by atoms with van der Waals surface area (Å²) >= 11 is 0. The summed E-state index contributed by atoms with van der Waals surface area (Å²) in [4.78, 5) is 17.8. The molecule has 3 rings (SSSR count). The van der Waals surface area contributed by atoms with Gasteiger partial charge in [0.15, 0.2) is 5.65 Å². The first-order valence-electron chi connectivity index (χ1n) is 5.53. The van der Waals surface area contributed by atoms with E-state index in [2.05, 4.69) is 15.2 Å². The quantitative estimate of drug-likeness (QED) is 0.682. The number of aliphatic hydroxyl groups is 1. The van der Waals surface area contributed by atoms with Crippen molar-refractivity contribution in [2.75, 3.05) is 18.0 Å². The van der Waals surface area contributed by atoms with Gasteiger partial charge in [-0.25, -0.2) is 19.3 Å². The molecule has 1 aliphatic rings. The van der Waals surface area contributed by atoms with E-state index in [1.807, 2.05) is 4.90 Å². The third-order valence-electron chi connectivity index (χ3n) is 3.04. The molecule has 3 heterocycles. The highest BCUT2D eigenvalue weighted by molar-refractivity contribution is 5.52. The minimum absolute atomic E-state index is 0.280. The molecule has 2 aromatic heterocycles. The Balaban J connectivity index is 2.10. The van der Waals surface area contributed by atoms with Gasteiger partial charge in [-0.3, -0.25) is 0 Å². The Bertz CT molecular complexity index is 617. The van der Waals surface area contributed by atoms with Gasteiger partial charge in [-0.2, -0.15) is 5.10 Å². The maximum atomic E-state index is 11.4. The van der Waals surface area contributed by atoms with E-state index in [9.17, 15) is 9.90 Å². The number of hydrogen-bond acceptors (Lipinski definition) is 5. The molecule has 0 bridgehead atoms. The smallest absolute Gasteiger partial charge is 0.349 e. The van der Waals surface area contributed by atoms with Crippen LogP contribution in [0.5, 0.6) is 0 Å². The number of aromatic amines is 1. The molecular formula is C10H13N5O2. The highest BCUT2D eigenvalue weighted by atomic mass is 16.3. The molecule has 0 aromatic carbocycles. The van der Waals surface area contributed by atoms with Gasteiger partial charge in [-0.1, -0.05) is 0 Å². The van der Waals surface area contributed by atoms with Crippen LogP contribution in [0.4, 0.5) is 5.82 Å². The van der Waals surface area contributed by atoms with Crippen molar-refractivity contribution in [1.82, 2.24) is 19.6 Å². The van der Waals surface area contributed by atoms with Crippen LogP contribution in [0.3, 0.4) is 0 Å². The lowest BCUT2D eigenvalue weighted by molar-refractivity contribution is 0.198. The van der Waals surface area contributed by atoms with Crippen molar-refractivity contribution < 1.29 is 5.11 Å². The van der Waals surface area contributed by atoms with Crippen LogP contribution < -0.4 is 10.6 Å². The summed E-state index contributed by atoms with van der Waals surface area (Å²) in [5.74, 6) is 1.35. The first kappa shape index (κ1) is 10.3. The summed E-state index contributed by atoms with van der Waals surface area (Å²) in [7, 11) is 0. The molecule has 90 valence electrons. The molecule has 1 fully saturated rings. The molecule has 17 heavy (non-hydrogen) atoms. The zero-order valence-corrected chi connectivity index (χ0v) is 9.42. The zero-order valence-electron chi connectivity index (χ0n) is 9.42. The van der Waals surface area contributed by atoms with E-state index in [-0.39, 0.29) is 11.8 Å². The lowest BCUT2D eigenvalue weighted by Crippen LogP contribution is -2.23. The topological polar surface area (TPSA) is 86.5 Å². The summed E-state index contributed by atoms with van der Waals surface area (Å²) in [5, 5.41) is 15.8. The third kappa shape index (κ3) is 1.59. The highest BCUT2D eigenvalue weighted by Gasteiger charge is 2.22. The first-order valence-corrected chi connectivity index (χ1v) is 5.53. The number of H-pyrrole nitrogens is 1. The average molecular weight is 235 g/mol. The fraction of sp³-hybridized carbons (Fsp3) is 0.500. The number of fused-ring (bicyclic) bond motifs is 1. The lowest BCUT2D eigenvalue weighted by atomic mass is 10.3. The highest BCUT2D eigenvalue weighted by Crippen LogP contribution is 2.19. The molecule has 2 aromatic rings. The molecular weight excluding hydrogens is 222 g/mol. The number of aromatic nitrogens is 4. The second-order valence-electron chi connectivity index (χ2n) is 4.27. The monoisotopic (exact) mass is 235 g/mol. The SMILES string of the molecule is Cc1nc(N2CCC(O)C2)cc2n[nH]c(=O)n12. The number of nitrogens with one attached hydrogen (secondary N) is 1. The van der Waals surface area contributed by atoms with Crippen molar-refractivity contribution in [3.05, 3.63) is 22.4 Å². The van der Waals surface area contributed by atoms with Crippen LogP contribution in [-0.4, -0.2) is 43.9 Å². The van der Waals surface area contributed by atoms with E-state index in [0.717, 1.165) is 18.8 Å². The molecule has 0 amide bonds. The molecule has 0 spiro atoms. The van der Waals surface area contributed by atoms with Crippen molar-refractivity contribution in [3.63, 3.8) is 0 Å². The molecule has 1 atom stereocenters. The van der Waals surface area contributed by atoms with Crippen molar-refractivity contribution in [2.45, 2.75) is 19.4 Å². The normalized spacial score (nSPS) is 20.4. The molecule has 1 aliphatic heterocycles. The van der Waals surface area contributed by atoms with Crippen molar-refractivity contribution in [1.29, 1.82) is 0 Å². The maximum absolute atomic E-state index is 11.4. The van der Waals surface area contributed by atoms with Gasteiger partial charge in [0.1, 0.15) is 11.6 Å². The summed E-state index contributed by atoms with van der Waals surface area (Å²) in [6.45, 7) is 3.12. The van der Waals surface area contributed by atoms with Crippen LogP contribution in [0.2, 0.25) is 0 Å². The minimum atomic E-state index is -0.297. The Labute approximate surface area is 96.7 Å². The van der Waals surface area contributed by atoms with Crippen LogP contribution in [-0.2, 0) is 0 Å². The largest absolute Gasteiger partial charge is 0.391 e.